The van der Waals surface area contributed by atoms with Gasteiger partial charge in [-0.2, -0.15) is 0 Å². The molecule has 104 valence electrons. The van der Waals surface area contributed by atoms with Crippen LogP contribution in [0, 0.1) is 0 Å². The monoisotopic (exact) mass is 284 g/mol. The van der Waals surface area contributed by atoms with E-state index in [4.69, 9.17) is 11.6 Å². The zero-order chi connectivity index (χ0) is 14.1. The summed E-state index contributed by atoms with van der Waals surface area (Å²) in [7, 11) is 0. The highest BCUT2D eigenvalue weighted by molar-refractivity contribution is 6.21. The lowest BCUT2D eigenvalue weighted by Gasteiger charge is -2.18. The highest BCUT2D eigenvalue weighted by atomic mass is 35.5. The molecule has 20 heavy (non-hydrogen) atoms. The van der Waals surface area contributed by atoms with Crippen molar-refractivity contribution in [2.24, 2.45) is 0 Å². The fourth-order valence-electron chi connectivity index (χ4n) is 3.18. The van der Waals surface area contributed by atoms with Crippen molar-refractivity contribution in [3.63, 3.8) is 0 Å². The van der Waals surface area contributed by atoms with E-state index in [-0.39, 0.29) is 5.38 Å². The second kappa shape index (κ2) is 5.61. The normalized spacial score (nSPS) is 15.6. The van der Waals surface area contributed by atoms with E-state index in [1.54, 1.807) is 0 Å². The zero-order valence-corrected chi connectivity index (χ0v) is 13.0. The van der Waals surface area contributed by atoms with Gasteiger partial charge >= 0.3 is 0 Å². The van der Waals surface area contributed by atoms with Crippen molar-refractivity contribution < 1.29 is 0 Å². The minimum absolute atomic E-state index is 0.238. The summed E-state index contributed by atoms with van der Waals surface area (Å²) in [6, 6.07) is 15.6. The van der Waals surface area contributed by atoms with Gasteiger partial charge in [-0.25, -0.2) is 0 Å². The Morgan fingerprint density at radius 1 is 1.05 bits per heavy atom. The maximum Gasteiger partial charge on any atom is 0.0401 e. The Morgan fingerprint density at radius 3 is 2.60 bits per heavy atom. The van der Waals surface area contributed by atoms with Crippen LogP contribution in [0.4, 0.5) is 0 Å². The van der Waals surface area contributed by atoms with Crippen LogP contribution in [0.1, 0.15) is 49.3 Å². The van der Waals surface area contributed by atoms with Crippen molar-refractivity contribution in [2.75, 3.05) is 0 Å². The van der Waals surface area contributed by atoms with Crippen molar-refractivity contribution >= 4 is 11.6 Å². The molecule has 0 aliphatic heterocycles. The Morgan fingerprint density at radius 2 is 1.80 bits per heavy atom. The Balaban J connectivity index is 1.91. The first-order valence-electron chi connectivity index (χ1n) is 7.56. The zero-order valence-electron chi connectivity index (χ0n) is 12.2. The Hall–Kier alpha value is -1.27. The molecule has 0 bridgehead atoms. The molecule has 1 heteroatoms. The molecule has 0 aromatic heterocycles. The lowest BCUT2D eigenvalue weighted by atomic mass is 9.92. The van der Waals surface area contributed by atoms with Crippen molar-refractivity contribution in [3.8, 4) is 11.1 Å². The summed E-state index contributed by atoms with van der Waals surface area (Å²) in [6.07, 6.45) is 3.29. The van der Waals surface area contributed by atoms with Gasteiger partial charge in [-0.3, -0.25) is 0 Å². The molecule has 0 heterocycles. The third kappa shape index (κ3) is 2.38. The molecule has 2 aromatic rings. The molecule has 0 saturated carbocycles. The molecule has 0 N–H and O–H groups in total. The van der Waals surface area contributed by atoms with Crippen molar-refractivity contribution in [2.45, 2.75) is 44.4 Å². The Kier molecular flexibility index (Phi) is 3.85. The SMILES string of the molecule is CCCC(Cl)C(C)c1ccc2c(c1)Cc1ccccc1-2. The first-order chi connectivity index (χ1) is 9.70. The lowest BCUT2D eigenvalue weighted by molar-refractivity contribution is 0.633. The van der Waals surface area contributed by atoms with E-state index >= 15 is 0 Å². The third-order valence-electron chi connectivity index (χ3n) is 4.45. The molecule has 1 aliphatic rings. The highest BCUT2D eigenvalue weighted by Gasteiger charge is 2.21. The number of benzene rings is 2. The summed E-state index contributed by atoms with van der Waals surface area (Å²) in [5.74, 6) is 0.422. The van der Waals surface area contributed by atoms with E-state index < -0.39 is 0 Å². The average molecular weight is 285 g/mol. The van der Waals surface area contributed by atoms with Gasteiger partial charge in [0.1, 0.15) is 0 Å². The first-order valence-corrected chi connectivity index (χ1v) is 7.99. The van der Waals surface area contributed by atoms with Gasteiger partial charge in [-0.1, -0.05) is 62.7 Å². The van der Waals surface area contributed by atoms with E-state index in [0.717, 1.165) is 19.3 Å². The highest BCUT2D eigenvalue weighted by Crippen LogP contribution is 2.38. The Bertz CT molecular complexity index is 615. The second-order valence-electron chi connectivity index (χ2n) is 5.84. The van der Waals surface area contributed by atoms with Gasteiger partial charge in [0, 0.05) is 5.38 Å². The topological polar surface area (TPSA) is 0 Å². The molecule has 1 aliphatic carbocycles. The van der Waals surface area contributed by atoms with E-state index in [0.29, 0.717) is 5.92 Å². The van der Waals surface area contributed by atoms with Crippen molar-refractivity contribution in [3.05, 3.63) is 59.2 Å². The van der Waals surface area contributed by atoms with E-state index in [1.807, 2.05) is 0 Å². The number of hydrogen-bond donors (Lipinski definition) is 0. The van der Waals surface area contributed by atoms with Crippen LogP contribution in [0.3, 0.4) is 0 Å². The van der Waals surface area contributed by atoms with Gasteiger partial charge in [-0.15, -0.1) is 11.6 Å². The second-order valence-corrected chi connectivity index (χ2v) is 6.40. The van der Waals surface area contributed by atoms with Gasteiger partial charge in [0.05, 0.1) is 0 Å². The molecule has 3 rings (SSSR count). The van der Waals surface area contributed by atoms with Crippen LogP contribution in [-0.4, -0.2) is 5.38 Å². The molecule has 0 amide bonds. The molecule has 0 fully saturated rings. The number of alkyl halides is 1. The standard InChI is InChI=1S/C19H21Cl/c1-3-6-19(20)13(2)14-9-10-18-16(11-14)12-15-7-4-5-8-17(15)18/h4-5,7-11,13,19H,3,6,12H2,1-2H3. The summed E-state index contributed by atoms with van der Waals surface area (Å²) in [4.78, 5) is 0. The van der Waals surface area contributed by atoms with Gasteiger partial charge in [0.15, 0.2) is 0 Å². The number of halogens is 1. The average Bonchev–Trinajstić information content (AvgIpc) is 2.84. The third-order valence-corrected chi connectivity index (χ3v) is 5.05. The quantitative estimate of drug-likeness (QED) is 0.534. The van der Waals surface area contributed by atoms with Crippen LogP contribution in [0.15, 0.2) is 42.5 Å². The van der Waals surface area contributed by atoms with Crippen LogP contribution in [0.25, 0.3) is 11.1 Å². The fraction of sp³-hybridized carbons (Fsp3) is 0.368. The smallest absolute Gasteiger partial charge is 0.0401 e. The van der Waals surface area contributed by atoms with Crippen LogP contribution >= 0.6 is 11.6 Å². The van der Waals surface area contributed by atoms with Gasteiger partial charge < -0.3 is 0 Å². The van der Waals surface area contributed by atoms with E-state index in [1.165, 1.54) is 27.8 Å². The minimum atomic E-state index is 0.238. The molecule has 2 unspecified atom stereocenters. The lowest BCUT2D eigenvalue weighted by Crippen LogP contribution is -2.09. The fourth-order valence-corrected chi connectivity index (χ4v) is 3.55. The van der Waals surface area contributed by atoms with Crippen LogP contribution in [0.5, 0.6) is 0 Å². The number of fused-ring (bicyclic) bond motifs is 3. The molecule has 2 aromatic carbocycles. The van der Waals surface area contributed by atoms with Crippen LogP contribution < -0.4 is 0 Å². The van der Waals surface area contributed by atoms with E-state index in [9.17, 15) is 0 Å². The number of rotatable bonds is 4. The van der Waals surface area contributed by atoms with E-state index in [2.05, 4.69) is 56.3 Å². The largest absolute Gasteiger partial charge is 0.122 e. The molecular weight excluding hydrogens is 264 g/mol. The minimum Gasteiger partial charge on any atom is -0.122 e. The summed E-state index contributed by atoms with van der Waals surface area (Å²) in [6.45, 7) is 4.44. The molecule has 2 atom stereocenters. The molecule has 0 spiro atoms. The van der Waals surface area contributed by atoms with Crippen LogP contribution in [-0.2, 0) is 6.42 Å². The summed E-state index contributed by atoms with van der Waals surface area (Å²) < 4.78 is 0. The maximum atomic E-state index is 6.51. The van der Waals surface area contributed by atoms with Crippen LogP contribution in [0.2, 0.25) is 0 Å². The summed E-state index contributed by atoms with van der Waals surface area (Å²) in [5.41, 5.74) is 7.08. The molecular formula is C19H21Cl. The first kappa shape index (κ1) is 13.7. The van der Waals surface area contributed by atoms with Crippen molar-refractivity contribution in [1.82, 2.24) is 0 Å². The van der Waals surface area contributed by atoms with Gasteiger partial charge in [0.2, 0.25) is 0 Å². The predicted molar refractivity (Wildman–Crippen MR) is 87.6 cm³/mol. The van der Waals surface area contributed by atoms with Gasteiger partial charge in [-0.05, 0) is 46.6 Å². The summed E-state index contributed by atoms with van der Waals surface area (Å²) >= 11 is 6.51. The number of hydrogen-bond acceptors (Lipinski definition) is 0. The molecule has 0 saturated heterocycles. The maximum absolute atomic E-state index is 6.51. The Labute approximate surface area is 126 Å². The molecule has 0 radical (unpaired) electrons. The molecule has 0 nitrogen and oxygen atoms in total. The van der Waals surface area contributed by atoms with Crippen molar-refractivity contribution in [1.29, 1.82) is 0 Å². The van der Waals surface area contributed by atoms with Gasteiger partial charge in [0.25, 0.3) is 0 Å². The predicted octanol–water partition coefficient (Wildman–Crippen LogP) is 5.77. The summed E-state index contributed by atoms with van der Waals surface area (Å²) in [5, 5.41) is 0.238.